The van der Waals surface area contributed by atoms with Crippen LogP contribution in [0.5, 0.6) is 0 Å². The molecule has 0 aromatic heterocycles. The van der Waals surface area contributed by atoms with Crippen molar-refractivity contribution < 1.29 is 14.4 Å². The summed E-state index contributed by atoms with van der Waals surface area (Å²) in [5.74, 6) is -0.404. The first-order chi connectivity index (χ1) is 12.0. The molecule has 7 nitrogen and oxygen atoms in total. The minimum Gasteiger partial charge on any atom is -0.330 e. The van der Waals surface area contributed by atoms with E-state index in [1.165, 1.54) is 0 Å². The third kappa shape index (κ3) is 3.57. The van der Waals surface area contributed by atoms with Gasteiger partial charge in [0.25, 0.3) is 5.91 Å². The van der Waals surface area contributed by atoms with Crippen LogP contribution in [0.2, 0.25) is 0 Å². The smallest absolute Gasteiger partial charge is 0.255 e. The number of hydrogen-bond acceptors (Lipinski definition) is 5. The minimum atomic E-state index is -0.573. The Morgan fingerprint density at radius 2 is 2.16 bits per heavy atom. The molecule has 2 aliphatic rings. The fraction of sp³-hybridized carbons (Fsp3) is 0.500. The van der Waals surface area contributed by atoms with Crippen molar-refractivity contribution in [2.24, 2.45) is 11.7 Å². The quantitative estimate of drug-likeness (QED) is 0.637. The first-order valence-corrected chi connectivity index (χ1v) is 8.67. The van der Waals surface area contributed by atoms with Gasteiger partial charge in [-0.1, -0.05) is 19.1 Å². The van der Waals surface area contributed by atoms with Crippen LogP contribution in [0.25, 0.3) is 0 Å². The molecule has 7 heteroatoms. The minimum absolute atomic E-state index is 0.137. The van der Waals surface area contributed by atoms with Crippen LogP contribution >= 0.6 is 0 Å². The second kappa shape index (κ2) is 7.33. The van der Waals surface area contributed by atoms with Gasteiger partial charge in [-0.15, -0.1) is 0 Å². The van der Waals surface area contributed by atoms with Crippen molar-refractivity contribution in [3.8, 4) is 0 Å². The number of nitrogens with two attached hydrogens (primary N) is 1. The van der Waals surface area contributed by atoms with Gasteiger partial charge in [-0.25, -0.2) is 0 Å². The van der Waals surface area contributed by atoms with Gasteiger partial charge in [0.1, 0.15) is 6.04 Å². The summed E-state index contributed by atoms with van der Waals surface area (Å²) in [5, 5.41) is 5.70. The van der Waals surface area contributed by atoms with Crippen molar-refractivity contribution in [3.05, 3.63) is 34.9 Å². The Balaban J connectivity index is 1.73. The van der Waals surface area contributed by atoms with Gasteiger partial charge in [0, 0.05) is 25.1 Å². The second-order valence-corrected chi connectivity index (χ2v) is 6.81. The molecule has 0 saturated carbocycles. The Hall–Kier alpha value is -2.25. The van der Waals surface area contributed by atoms with Gasteiger partial charge in [-0.05, 0) is 42.6 Å². The highest BCUT2D eigenvalue weighted by atomic mass is 16.2. The van der Waals surface area contributed by atoms with E-state index in [-0.39, 0.29) is 24.1 Å². The second-order valence-electron chi connectivity index (χ2n) is 6.81. The van der Waals surface area contributed by atoms with Gasteiger partial charge in [0.15, 0.2) is 0 Å². The number of nitrogens with one attached hydrogen (secondary N) is 2. The van der Waals surface area contributed by atoms with E-state index in [4.69, 9.17) is 5.73 Å². The van der Waals surface area contributed by atoms with E-state index in [1.54, 1.807) is 11.0 Å². The first kappa shape index (κ1) is 17.6. The van der Waals surface area contributed by atoms with Gasteiger partial charge in [0.05, 0.1) is 0 Å². The normalized spacial score (nSPS) is 21.3. The number of fused-ring (bicyclic) bond motifs is 1. The molecule has 1 fully saturated rings. The van der Waals surface area contributed by atoms with E-state index < -0.39 is 6.04 Å². The van der Waals surface area contributed by atoms with Crippen LogP contribution in [0.15, 0.2) is 18.2 Å². The molecule has 0 radical (unpaired) electrons. The zero-order chi connectivity index (χ0) is 18.0. The topological polar surface area (TPSA) is 105 Å². The molecular formula is C18H24N4O3. The maximum atomic E-state index is 12.7. The predicted octanol–water partition coefficient (Wildman–Crippen LogP) is 0.132. The lowest BCUT2D eigenvalue weighted by atomic mass is 10.0. The molecule has 1 aromatic rings. The molecule has 25 heavy (non-hydrogen) atoms. The van der Waals surface area contributed by atoms with Crippen LogP contribution in [-0.4, -0.2) is 41.8 Å². The third-order valence-corrected chi connectivity index (χ3v) is 4.89. The molecular weight excluding hydrogens is 320 g/mol. The molecule has 0 spiro atoms. The molecule has 3 rings (SSSR count). The molecule has 2 unspecified atom stereocenters. The van der Waals surface area contributed by atoms with E-state index in [0.29, 0.717) is 37.5 Å². The monoisotopic (exact) mass is 344 g/mol. The van der Waals surface area contributed by atoms with Crippen molar-refractivity contribution in [3.63, 3.8) is 0 Å². The molecule has 0 aliphatic carbocycles. The molecule has 3 amide bonds. The molecule has 1 aromatic carbocycles. The molecule has 2 atom stereocenters. The number of amides is 3. The number of benzene rings is 1. The van der Waals surface area contributed by atoms with Gasteiger partial charge in [-0.2, -0.15) is 0 Å². The van der Waals surface area contributed by atoms with Gasteiger partial charge in [-0.3, -0.25) is 19.7 Å². The van der Waals surface area contributed by atoms with E-state index in [9.17, 15) is 14.4 Å². The summed E-state index contributed by atoms with van der Waals surface area (Å²) in [6.07, 6.45) is 0.647. The summed E-state index contributed by atoms with van der Waals surface area (Å²) < 4.78 is 0. The standard InChI is InChI=1S/C18H24N4O3/c1-11(7-19)8-20-9-12-3-2-4-13-14(12)10-22(18(13)25)15-5-6-16(23)21-17(15)24/h2-4,11,15,20H,5-10,19H2,1H3,(H,21,23,24). The lowest BCUT2D eigenvalue weighted by Gasteiger charge is -2.29. The summed E-state index contributed by atoms with van der Waals surface area (Å²) in [5.41, 5.74) is 8.30. The van der Waals surface area contributed by atoms with Gasteiger partial charge >= 0.3 is 0 Å². The fourth-order valence-electron chi connectivity index (χ4n) is 3.35. The molecule has 4 N–H and O–H groups in total. The maximum Gasteiger partial charge on any atom is 0.255 e. The summed E-state index contributed by atoms with van der Waals surface area (Å²) >= 11 is 0. The van der Waals surface area contributed by atoms with E-state index in [0.717, 1.165) is 17.7 Å². The number of carbonyl (C=O) groups excluding carboxylic acids is 3. The zero-order valence-corrected chi connectivity index (χ0v) is 14.4. The number of piperidine rings is 1. The summed E-state index contributed by atoms with van der Waals surface area (Å²) in [6, 6.07) is 5.10. The third-order valence-electron chi connectivity index (χ3n) is 4.89. The lowest BCUT2D eigenvalue weighted by molar-refractivity contribution is -0.136. The number of imide groups is 1. The van der Waals surface area contributed by atoms with Crippen LogP contribution in [0, 0.1) is 5.92 Å². The Morgan fingerprint density at radius 1 is 1.36 bits per heavy atom. The largest absolute Gasteiger partial charge is 0.330 e. The average Bonchev–Trinajstić information content (AvgIpc) is 2.92. The Bertz CT molecular complexity index is 704. The Morgan fingerprint density at radius 3 is 2.88 bits per heavy atom. The van der Waals surface area contributed by atoms with E-state index >= 15 is 0 Å². The maximum absolute atomic E-state index is 12.7. The van der Waals surface area contributed by atoms with Gasteiger partial charge in [0.2, 0.25) is 11.8 Å². The first-order valence-electron chi connectivity index (χ1n) is 8.67. The van der Waals surface area contributed by atoms with Crippen molar-refractivity contribution in [1.82, 2.24) is 15.5 Å². The highest BCUT2D eigenvalue weighted by Crippen LogP contribution is 2.29. The Labute approximate surface area is 146 Å². The predicted molar refractivity (Wildman–Crippen MR) is 92.4 cm³/mol. The molecule has 1 saturated heterocycles. The highest BCUT2D eigenvalue weighted by molar-refractivity contribution is 6.05. The highest BCUT2D eigenvalue weighted by Gasteiger charge is 2.39. The molecule has 134 valence electrons. The van der Waals surface area contributed by atoms with E-state index in [2.05, 4.69) is 17.6 Å². The SMILES string of the molecule is CC(CN)CNCc1cccc2c1CN(C1CCC(=O)NC1=O)C2=O. The van der Waals surface area contributed by atoms with Crippen molar-refractivity contribution in [2.45, 2.75) is 38.9 Å². The fourth-order valence-corrected chi connectivity index (χ4v) is 3.35. The van der Waals surface area contributed by atoms with Crippen molar-refractivity contribution >= 4 is 17.7 Å². The Kier molecular flexibility index (Phi) is 5.15. The number of nitrogens with zero attached hydrogens (tertiary/aromatic N) is 1. The molecule has 2 heterocycles. The summed E-state index contributed by atoms with van der Waals surface area (Å²) in [4.78, 5) is 37.7. The number of carbonyl (C=O) groups is 3. The molecule has 0 bridgehead atoms. The average molecular weight is 344 g/mol. The van der Waals surface area contributed by atoms with Crippen LogP contribution in [0.3, 0.4) is 0 Å². The molecule has 2 aliphatic heterocycles. The van der Waals surface area contributed by atoms with Crippen LogP contribution in [0.1, 0.15) is 41.3 Å². The summed E-state index contributed by atoms with van der Waals surface area (Å²) in [6.45, 7) is 4.58. The van der Waals surface area contributed by atoms with Gasteiger partial charge < -0.3 is 16.0 Å². The van der Waals surface area contributed by atoms with Crippen molar-refractivity contribution in [2.75, 3.05) is 13.1 Å². The van der Waals surface area contributed by atoms with Crippen LogP contribution in [0.4, 0.5) is 0 Å². The number of rotatable bonds is 6. The van der Waals surface area contributed by atoms with Crippen molar-refractivity contribution in [1.29, 1.82) is 0 Å². The number of hydrogen-bond donors (Lipinski definition) is 3. The van der Waals surface area contributed by atoms with E-state index in [1.807, 2.05) is 12.1 Å². The van der Waals surface area contributed by atoms with Crippen LogP contribution < -0.4 is 16.4 Å². The lowest BCUT2D eigenvalue weighted by Crippen LogP contribution is -2.52. The van der Waals surface area contributed by atoms with Crippen LogP contribution in [-0.2, 0) is 22.7 Å². The summed E-state index contributed by atoms with van der Waals surface area (Å²) in [7, 11) is 0. The zero-order valence-electron chi connectivity index (χ0n) is 14.4.